The zero-order valence-corrected chi connectivity index (χ0v) is 13.9. The van der Waals surface area contributed by atoms with Crippen molar-refractivity contribution in [2.24, 2.45) is 0 Å². The van der Waals surface area contributed by atoms with E-state index in [2.05, 4.69) is 40.3 Å². The van der Waals surface area contributed by atoms with Crippen LogP contribution in [-0.4, -0.2) is 5.91 Å². The molecule has 0 saturated heterocycles. The van der Waals surface area contributed by atoms with Gasteiger partial charge in [-0.05, 0) is 36.1 Å². The fourth-order valence-corrected chi connectivity index (χ4v) is 2.58. The molecule has 2 nitrogen and oxygen atoms in total. The summed E-state index contributed by atoms with van der Waals surface area (Å²) in [6.45, 7) is 4.09. The summed E-state index contributed by atoms with van der Waals surface area (Å²) < 4.78 is 1.04. The molecule has 0 heterocycles. The van der Waals surface area contributed by atoms with Crippen LogP contribution in [0, 0.1) is 0 Å². The maximum atomic E-state index is 12.2. The lowest BCUT2D eigenvalue weighted by atomic mass is 9.97. The maximum absolute atomic E-state index is 12.2. The van der Waals surface area contributed by atoms with Crippen molar-refractivity contribution in [1.82, 2.24) is 5.32 Å². The molecule has 110 valence electrons. The van der Waals surface area contributed by atoms with Crippen molar-refractivity contribution >= 4 is 21.8 Å². The van der Waals surface area contributed by atoms with Gasteiger partial charge in [0.2, 0.25) is 5.91 Å². The molecule has 0 aliphatic heterocycles. The highest BCUT2D eigenvalue weighted by atomic mass is 79.9. The number of carbonyl (C=O) groups excluding carboxylic acids is 1. The SMILES string of the molecule is C[C@H](CC(=O)N[C@H](C)c1ccc(Br)cc1)c1ccccc1. The van der Waals surface area contributed by atoms with Crippen molar-refractivity contribution in [2.45, 2.75) is 32.2 Å². The van der Waals surface area contributed by atoms with Gasteiger partial charge in [-0.15, -0.1) is 0 Å². The van der Waals surface area contributed by atoms with E-state index in [-0.39, 0.29) is 17.9 Å². The lowest BCUT2D eigenvalue weighted by molar-refractivity contribution is -0.122. The molecule has 1 N–H and O–H groups in total. The number of hydrogen-bond acceptors (Lipinski definition) is 1. The molecule has 2 atom stereocenters. The molecule has 0 bridgehead atoms. The average Bonchev–Trinajstić information content (AvgIpc) is 2.48. The molecule has 2 aromatic carbocycles. The zero-order valence-electron chi connectivity index (χ0n) is 12.3. The average molecular weight is 346 g/mol. The van der Waals surface area contributed by atoms with Crippen LogP contribution in [0.2, 0.25) is 0 Å². The van der Waals surface area contributed by atoms with Crippen molar-refractivity contribution in [3.63, 3.8) is 0 Å². The summed E-state index contributed by atoms with van der Waals surface area (Å²) in [4.78, 5) is 12.2. The summed E-state index contributed by atoms with van der Waals surface area (Å²) in [5, 5.41) is 3.06. The molecule has 0 aliphatic rings. The topological polar surface area (TPSA) is 29.1 Å². The monoisotopic (exact) mass is 345 g/mol. The van der Waals surface area contributed by atoms with E-state index in [1.54, 1.807) is 0 Å². The lowest BCUT2D eigenvalue weighted by Gasteiger charge is -2.17. The largest absolute Gasteiger partial charge is 0.350 e. The minimum absolute atomic E-state index is 0.0218. The van der Waals surface area contributed by atoms with Gasteiger partial charge in [0.15, 0.2) is 0 Å². The van der Waals surface area contributed by atoms with Gasteiger partial charge in [0.05, 0.1) is 6.04 Å². The third-order valence-corrected chi connectivity index (χ3v) is 4.14. The molecule has 0 radical (unpaired) electrons. The molecule has 0 spiro atoms. The zero-order chi connectivity index (χ0) is 15.2. The predicted octanol–water partition coefficient (Wildman–Crippen LogP) is 4.82. The summed E-state index contributed by atoms with van der Waals surface area (Å²) in [5.74, 6) is 0.310. The van der Waals surface area contributed by atoms with Crippen LogP contribution in [0.5, 0.6) is 0 Å². The van der Waals surface area contributed by atoms with E-state index >= 15 is 0 Å². The van der Waals surface area contributed by atoms with Crippen LogP contribution in [0.3, 0.4) is 0 Å². The van der Waals surface area contributed by atoms with E-state index in [1.807, 2.05) is 49.4 Å². The van der Waals surface area contributed by atoms with Gasteiger partial charge < -0.3 is 5.32 Å². The molecule has 0 aromatic heterocycles. The second kappa shape index (κ2) is 7.41. The maximum Gasteiger partial charge on any atom is 0.221 e. The molecular formula is C18H20BrNO. The number of hydrogen-bond donors (Lipinski definition) is 1. The van der Waals surface area contributed by atoms with E-state index in [0.717, 1.165) is 10.0 Å². The summed E-state index contributed by atoms with van der Waals surface area (Å²) in [6.07, 6.45) is 0.505. The number of benzene rings is 2. The number of amides is 1. The Bertz CT molecular complexity index is 580. The molecule has 0 fully saturated rings. The van der Waals surface area contributed by atoms with E-state index in [4.69, 9.17) is 0 Å². The van der Waals surface area contributed by atoms with Crippen molar-refractivity contribution in [1.29, 1.82) is 0 Å². The lowest BCUT2D eigenvalue weighted by Crippen LogP contribution is -2.27. The van der Waals surface area contributed by atoms with Crippen molar-refractivity contribution < 1.29 is 4.79 Å². The van der Waals surface area contributed by atoms with Crippen LogP contribution in [0.1, 0.15) is 43.4 Å². The van der Waals surface area contributed by atoms with Gasteiger partial charge in [0, 0.05) is 10.9 Å². The van der Waals surface area contributed by atoms with Crippen LogP contribution in [-0.2, 0) is 4.79 Å². The van der Waals surface area contributed by atoms with E-state index in [1.165, 1.54) is 5.56 Å². The highest BCUT2D eigenvalue weighted by Gasteiger charge is 2.14. The molecular weight excluding hydrogens is 326 g/mol. The molecule has 1 amide bonds. The molecule has 2 aromatic rings. The molecule has 3 heteroatoms. The second-order valence-corrected chi connectivity index (χ2v) is 6.27. The van der Waals surface area contributed by atoms with Gasteiger partial charge in [-0.25, -0.2) is 0 Å². The molecule has 2 rings (SSSR count). The Morgan fingerprint density at radius 2 is 1.62 bits per heavy atom. The smallest absolute Gasteiger partial charge is 0.221 e. The Kier molecular flexibility index (Phi) is 5.57. The summed E-state index contributed by atoms with van der Waals surface area (Å²) in [6, 6.07) is 18.2. The first-order valence-electron chi connectivity index (χ1n) is 7.16. The summed E-state index contributed by atoms with van der Waals surface area (Å²) in [5.41, 5.74) is 2.31. The molecule has 0 saturated carbocycles. The van der Waals surface area contributed by atoms with Crippen molar-refractivity contribution in [2.75, 3.05) is 0 Å². The van der Waals surface area contributed by atoms with Crippen LogP contribution in [0.25, 0.3) is 0 Å². The molecule has 21 heavy (non-hydrogen) atoms. The minimum atomic E-state index is 0.0218. The Morgan fingerprint density at radius 3 is 2.24 bits per heavy atom. The first kappa shape index (κ1) is 15.8. The van der Waals surface area contributed by atoms with Crippen LogP contribution < -0.4 is 5.32 Å². The highest BCUT2D eigenvalue weighted by molar-refractivity contribution is 9.10. The van der Waals surface area contributed by atoms with Crippen molar-refractivity contribution in [3.05, 3.63) is 70.2 Å². The van der Waals surface area contributed by atoms with E-state index in [9.17, 15) is 4.79 Å². The highest BCUT2D eigenvalue weighted by Crippen LogP contribution is 2.20. The Hall–Kier alpha value is -1.61. The van der Waals surface area contributed by atoms with Crippen LogP contribution >= 0.6 is 15.9 Å². The molecule has 0 aliphatic carbocycles. The quantitative estimate of drug-likeness (QED) is 0.826. The number of carbonyl (C=O) groups is 1. The summed E-state index contributed by atoms with van der Waals surface area (Å²) >= 11 is 3.42. The normalized spacial score (nSPS) is 13.5. The van der Waals surface area contributed by atoms with Gasteiger partial charge in [0.1, 0.15) is 0 Å². The van der Waals surface area contributed by atoms with Crippen LogP contribution in [0.15, 0.2) is 59.1 Å². The third kappa shape index (κ3) is 4.71. The first-order valence-corrected chi connectivity index (χ1v) is 7.95. The Morgan fingerprint density at radius 1 is 1.00 bits per heavy atom. The standard InChI is InChI=1S/C18H20BrNO/c1-13(15-6-4-3-5-7-15)12-18(21)20-14(2)16-8-10-17(19)11-9-16/h3-11,13-14H,12H2,1-2H3,(H,20,21)/t13-,14-/m1/s1. The third-order valence-electron chi connectivity index (χ3n) is 3.61. The first-order chi connectivity index (χ1) is 10.1. The van der Waals surface area contributed by atoms with E-state index in [0.29, 0.717) is 6.42 Å². The molecule has 0 unspecified atom stereocenters. The Balaban J connectivity index is 1.91. The van der Waals surface area contributed by atoms with Gasteiger partial charge in [0.25, 0.3) is 0 Å². The van der Waals surface area contributed by atoms with Gasteiger partial charge in [-0.2, -0.15) is 0 Å². The fourth-order valence-electron chi connectivity index (χ4n) is 2.31. The second-order valence-electron chi connectivity index (χ2n) is 5.36. The Labute approximate surface area is 134 Å². The van der Waals surface area contributed by atoms with Crippen molar-refractivity contribution in [3.8, 4) is 0 Å². The van der Waals surface area contributed by atoms with E-state index < -0.39 is 0 Å². The van der Waals surface area contributed by atoms with Crippen LogP contribution in [0.4, 0.5) is 0 Å². The summed E-state index contributed by atoms with van der Waals surface area (Å²) in [7, 11) is 0. The fraction of sp³-hybridized carbons (Fsp3) is 0.278. The predicted molar refractivity (Wildman–Crippen MR) is 90.2 cm³/mol. The van der Waals surface area contributed by atoms with Gasteiger partial charge in [-0.1, -0.05) is 65.3 Å². The number of nitrogens with one attached hydrogen (secondary N) is 1. The number of rotatable bonds is 5. The number of halogens is 1. The van der Waals surface area contributed by atoms with Gasteiger partial charge >= 0.3 is 0 Å². The minimum Gasteiger partial charge on any atom is -0.350 e. The van der Waals surface area contributed by atoms with Gasteiger partial charge in [-0.3, -0.25) is 4.79 Å².